The number of nitrogens with one attached hydrogen (secondary N) is 1. The standard InChI is InChI=1S/C19H32N4/c1-4-9-21-19(20)22-11-17-5-7-18(8-6-17)14-23-12-15(2)10-16(3)13-23/h5-8,15-16H,4,9-14H2,1-3H3,(H3,20,21,22). The second kappa shape index (κ2) is 8.92. The summed E-state index contributed by atoms with van der Waals surface area (Å²) in [6.45, 7) is 11.8. The molecule has 1 aliphatic rings. The molecular formula is C19H32N4. The Morgan fingerprint density at radius 1 is 1.17 bits per heavy atom. The molecule has 2 rings (SSSR count). The SMILES string of the molecule is CCCNC(N)=NCc1ccc(CN2CC(C)CC(C)C2)cc1. The quantitative estimate of drug-likeness (QED) is 0.626. The summed E-state index contributed by atoms with van der Waals surface area (Å²) in [5.41, 5.74) is 8.41. The number of hydrogen-bond acceptors (Lipinski definition) is 2. The number of nitrogens with two attached hydrogens (primary N) is 1. The predicted octanol–water partition coefficient (Wildman–Crippen LogP) is 2.98. The van der Waals surface area contributed by atoms with E-state index in [1.54, 1.807) is 0 Å². The van der Waals surface area contributed by atoms with Crippen LogP contribution in [0.4, 0.5) is 0 Å². The monoisotopic (exact) mass is 316 g/mol. The van der Waals surface area contributed by atoms with Crippen molar-refractivity contribution in [1.29, 1.82) is 0 Å². The molecule has 0 bridgehead atoms. The van der Waals surface area contributed by atoms with Crippen LogP contribution >= 0.6 is 0 Å². The zero-order valence-electron chi connectivity index (χ0n) is 14.9. The van der Waals surface area contributed by atoms with Gasteiger partial charge in [-0.1, -0.05) is 45.0 Å². The Kier molecular flexibility index (Phi) is 6.90. The Balaban J connectivity index is 1.84. The first-order valence-corrected chi connectivity index (χ1v) is 8.90. The minimum absolute atomic E-state index is 0.534. The number of likely N-dealkylation sites (tertiary alicyclic amines) is 1. The molecule has 23 heavy (non-hydrogen) atoms. The number of benzene rings is 1. The van der Waals surface area contributed by atoms with E-state index in [9.17, 15) is 0 Å². The summed E-state index contributed by atoms with van der Waals surface area (Å²) in [4.78, 5) is 6.95. The van der Waals surface area contributed by atoms with Crippen molar-refractivity contribution in [2.24, 2.45) is 22.6 Å². The fraction of sp³-hybridized carbons (Fsp3) is 0.632. The highest BCUT2D eigenvalue weighted by molar-refractivity contribution is 5.77. The van der Waals surface area contributed by atoms with Crippen molar-refractivity contribution < 1.29 is 0 Å². The number of hydrogen-bond donors (Lipinski definition) is 2. The number of nitrogens with zero attached hydrogens (tertiary/aromatic N) is 2. The smallest absolute Gasteiger partial charge is 0.188 e. The van der Waals surface area contributed by atoms with Crippen molar-refractivity contribution >= 4 is 5.96 Å². The van der Waals surface area contributed by atoms with E-state index in [1.807, 2.05) is 0 Å². The van der Waals surface area contributed by atoms with E-state index in [0.717, 1.165) is 31.3 Å². The van der Waals surface area contributed by atoms with Crippen LogP contribution in [0.2, 0.25) is 0 Å². The number of aliphatic imine (C=N–C) groups is 1. The normalized spacial score (nSPS) is 23.0. The summed E-state index contributed by atoms with van der Waals surface area (Å²) in [6.07, 6.45) is 2.42. The van der Waals surface area contributed by atoms with Crippen LogP contribution in [-0.2, 0) is 13.1 Å². The van der Waals surface area contributed by atoms with Crippen LogP contribution in [0.15, 0.2) is 29.3 Å². The zero-order chi connectivity index (χ0) is 16.7. The van der Waals surface area contributed by atoms with E-state index >= 15 is 0 Å². The van der Waals surface area contributed by atoms with Crippen LogP contribution in [0.25, 0.3) is 0 Å². The van der Waals surface area contributed by atoms with Gasteiger partial charge in [0.15, 0.2) is 5.96 Å². The molecule has 128 valence electrons. The second-order valence-electron chi connectivity index (χ2n) is 7.08. The fourth-order valence-electron chi connectivity index (χ4n) is 3.41. The third-order valence-corrected chi connectivity index (χ3v) is 4.36. The summed E-state index contributed by atoms with van der Waals surface area (Å²) in [6, 6.07) is 8.79. The summed E-state index contributed by atoms with van der Waals surface area (Å²) in [5, 5.41) is 3.10. The lowest BCUT2D eigenvalue weighted by Gasteiger charge is -2.35. The molecule has 0 amide bonds. The molecule has 1 aliphatic heterocycles. The molecule has 0 aliphatic carbocycles. The van der Waals surface area contributed by atoms with E-state index in [-0.39, 0.29) is 0 Å². The maximum absolute atomic E-state index is 5.82. The van der Waals surface area contributed by atoms with Gasteiger partial charge in [-0.15, -0.1) is 0 Å². The summed E-state index contributed by atoms with van der Waals surface area (Å²) in [5.74, 6) is 2.16. The molecule has 1 fully saturated rings. The molecule has 2 atom stereocenters. The first-order valence-electron chi connectivity index (χ1n) is 8.90. The van der Waals surface area contributed by atoms with Crippen molar-refractivity contribution in [2.75, 3.05) is 19.6 Å². The Morgan fingerprint density at radius 3 is 2.39 bits per heavy atom. The molecule has 0 spiro atoms. The topological polar surface area (TPSA) is 53.6 Å². The Morgan fingerprint density at radius 2 is 1.78 bits per heavy atom. The molecule has 0 radical (unpaired) electrons. The van der Waals surface area contributed by atoms with Gasteiger partial charge in [0.1, 0.15) is 0 Å². The van der Waals surface area contributed by atoms with Crippen LogP contribution in [0.1, 0.15) is 44.7 Å². The maximum atomic E-state index is 5.82. The molecule has 2 unspecified atom stereocenters. The molecule has 4 heteroatoms. The third kappa shape index (κ3) is 6.22. The second-order valence-corrected chi connectivity index (χ2v) is 7.08. The van der Waals surface area contributed by atoms with Crippen LogP contribution in [0.5, 0.6) is 0 Å². The molecule has 3 N–H and O–H groups in total. The minimum atomic E-state index is 0.534. The van der Waals surface area contributed by atoms with Crippen molar-refractivity contribution in [3.63, 3.8) is 0 Å². The molecule has 0 saturated carbocycles. The number of guanidine groups is 1. The Bertz CT molecular complexity index is 485. The average molecular weight is 316 g/mol. The van der Waals surface area contributed by atoms with Gasteiger partial charge < -0.3 is 11.1 Å². The largest absolute Gasteiger partial charge is 0.370 e. The molecule has 1 heterocycles. The highest BCUT2D eigenvalue weighted by atomic mass is 15.1. The molecule has 4 nitrogen and oxygen atoms in total. The van der Waals surface area contributed by atoms with Crippen LogP contribution < -0.4 is 11.1 Å². The molecule has 1 aromatic carbocycles. The van der Waals surface area contributed by atoms with Gasteiger partial charge >= 0.3 is 0 Å². The predicted molar refractivity (Wildman–Crippen MR) is 98.3 cm³/mol. The van der Waals surface area contributed by atoms with Gasteiger partial charge in [0.05, 0.1) is 6.54 Å². The van der Waals surface area contributed by atoms with E-state index in [4.69, 9.17) is 5.73 Å². The van der Waals surface area contributed by atoms with E-state index in [1.165, 1.54) is 30.6 Å². The lowest BCUT2D eigenvalue weighted by atomic mass is 9.91. The molecule has 1 aromatic rings. The average Bonchev–Trinajstić information content (AvgIpc) is 2.51. The summed E-state index contributed by atoms with van der Waals surface area (Å²) < 4.78 is 0. The molecule has 0 aromatic heterocycles. The number of piperidine rings is 1. The van der Waals surface area contributed by atoms with Gasteiger partial charge in [-0.25, -0.2) is 4.99 Å². The summed E-state index contributed by atoms with van der Waals surface area (Å²) in [7, 11) is 0. The van der Waals surface area contributed by atoms with Gasteiger partial charge in [-0.2, -0.15) is 0 Å². The van der Waals surface area contributed by atoms with Crippen LogP contribution in [-0.4, -0.2) is 30.5 Å². The third-order valence-electron chi connectivity index (χ3n) is 4.36. The minimum Gasteiger partial charge on any atom is -0.370 e. The van der Waals surface area contributed by atoms with E-state index < -0.39 is 0 Å². The molecule has 1 saturated heterocycles. The maximum Gasteiger partial charge on any atom is 0.188 e. The van der Waals surface area contributed by atoms with Crippen molar-refractivity contribution in [3.8, 4) is 0 Å². The van der Waals surface area contributed by atoms with Gasteiger partial charge in [0.25, 0.3) is 0 Å². The molecular weight excluding hydrogens is 284 g/mol. The zero-order valence-corrected chi connectivity index (χ0v) is 14.9. The lowest BCUT2D eigenvalue weighted by Crippen LogP contribution is -2.38. The van der Waals surface area contributed by atoms with Gasteiger partial charge in [-0.05, 0) is 35.8 Å². The fourth-order valence-corrected chi connectivity index (χ4v) is 3.41. The van der Waals surface area contributed by atoms with Gasteiger partial charge in [0, 0.05) is 26.2 Å². The van der Waals surface area contributed by atoms with Crippen LogP contribution in [0.3, 0.4) is 0 Å². The highest BCUT2D eigenvalue weighted by Crippen LogP contribution is 2.22. The van der Waals surface area contributed by atoms with Gasteiger partial charge in [-0.3, -0.25) is 4.90 Å². The Hall–Kier alpha value is -1.55. The summed E-state index contributed by atoms with van der Waals surface area (Å²) >= 11 is 0. The number of rotatable bonds is 6. The van der Waals surface area contributed by atoms with Crippen LogP contribution in [0, 0.1) is 11.8 Å². The Labute approximate surface area is 141 Å². The lowest BCUT2D eigenvalue weighted by molar-refractivity contribution is 0.134. The van der Waals surface area contributed by atoms with Crippen molar-refractivity contribution in [1.82, 2.24) is 10.2 Å². The van der Waals surface area contributed by atoms with Gasteiger partial charge in [0.2, 0.25) is 0 Å². The highest BCUT2D eigenvalue weighted by Gasteiger charge is 2.21. The first kappa shape index (κ1) is 17.8. The van der Waals surface area contributed by atoms with Crippen molar-refractivity contribution in [3.05, 3.63) is 35.4 Å². The first-order chi connectivity index (χ1) is 11.1. The van der Waals surface area contributed by atoms with Crippen molar-refractivity contribution in [2.45, 2.75) is 46.7 Å². The van der Waals surface area contributed by atoms with E-state index in [2.05, 4.69) is 60.2 Å². The van der Waals surface area contributed by atoms with E-state index in [0.29, 0.717) is 12.5 Å².